The fraction of sp³-hybridized carbons (Fsp3) is 0.211. The van der Waals surface area contributed by atoms with E-state index in [-0.39, 0.29) is 11.5 Å². The van der Waals surface area contributed by atoms with E-state index in [0.717, 1.165) is 0 Å². The van der Waals surface area contributed by atoms with E-state index in [0.29, 0.717) is 17.9 Å². The summed E-state index contributed by atoms with van der Waals surface area (Å²) in [5.74, 6) is -1.77. The molecule has 0 atom stereocenters. The molecule has 0 saturated carbocycles. The standard InChI is InChI=1S/C19H19FN2O4/c1-3-22(17-9-7-15(20)8-10-17)18(24)12-26-19(25)14-5-4-6-16(11-14)21-13(2)23/h4-11H,3,12H2,1-2H3,(H,21,23). The lowest BCUT2D eigenvalue weighted by Gasteiger charge is -2.20. The summed E-state index contributed by atoms with van der Waals surface area (Å²) >= 11 is 0. The molecule has 0 bridgehead atoms. The van der Waals surface area contributed by atoms with E-state index >= 15 is 0 Å². The minimum Gasteiger partial charge on any atom is -0.452 e. The predicted octanol–water partition coefficient (Wildman–Crippen LogP) is 2.99. The van der Waals surface area contributed by atoms with Crippen molar-refractivity contribution in [3.8, 4) is 0 Å². The molecule has 0 aliphatic heterocycles. The van der Waals surface area contributed by atoms with Crippen molar-refractivity contribution in [3.63, 3.8) is 0 Å². The molecule has 2 rings (SSSR count). The molecule has 7 heteroatoms. The number of anilines is 2. The first-order chi connectivity index (χ1) is 12.4. The maximum absolute atomic E-state index is 13.0. The second-order valence-corrected chi connectivity index (χ2v) is 5.45. The number of carbonyl (C=O) groups is 3. The Morgan fingerprint density at radius 3 is 2.42 bits per heavy atom. The van der Waals surface area contributed by atoms with E-state index in [9.17, 15) is 18.8 Å². The van der Waals surface area contributed by atoms with Gasteiger partial charge in [-0.3, -0.25) is 9.59 Å². The average Bonchev–Trinajstić information content (AvgIpc) is 2.61. The largest absolute Gasteiger partial charge is 0.452 e. The summed E-state index contributed by atoms with van der Waals surface area (Å²) in [5, 5.41) is 2.57. The maximum Gasteiger partial charge on any atom is 0.338 e. The van der Waals surface area contributed by atoms with Crippen molar-refractivity contribution in [2.24, 2.45) is 0 Å². The molecule has 1 N–H and O–H groups in total. The number of halogens is 1. The van der Waals surface area contributed by atoms with E-state index in [1.807, 2.05) is 0 Å². The number of hydrogen-bond donors (Lipinski definition) is 1. The smallest absolute Gasteiger partial charge is 0.338 e. The highest BCUT2D eigenvalue weighted by Gasteiger charge is 2.17. The van der Waals surface area contributed by atoms with Crippen molar-refractivity contribution in [2.75, 3.05) is 23.4 Å². The molecular formula is C19H19FN2O4. The summed E-state index contributed by atoms with van der Waals surface area (Å²) in [6.45, 7) is 3.02. The highest BCUT2D eigenvalue weighted by molar-refractivity contribution is 5.98. The minimum atomic E-state index is -0.680. The summed E-state index contributed by atoms with van der Waals surface area (Å²) in [5.41, 5.74) is 1.19. The number of likely N-dealkylation sites (N-methyl/N-ethyl adjacent to an activating group) is 1. The molecule has 26 heavy (non-hydrogen) atoms. The topological polar surface area (TPSA) is 75.7 Å². The third kappa shape index (κ3) is 5.14. The summed E-state index contributed by atoms with van der Waals surface area (Å²) in [6, 6.07) is 11.7. The van der Waals surface area contributed by atoms with Crippen LogP contribution in [0.15, 0.2) is 48.5 Å². The first-order valence-electron chi connectivity index (χ1n) is 8.01. The Morgan fingerprint density at radius 2 is 1.81 bits per heavy atom. The molecule has 2 aromatic rings. The zero-order valence-corrected chi connectivity index (χ0v) is 14.5. The molecule has 2 aromatic carbocycles. The molecule has 6 nitrogen and oxygen atoms in total. The number of amides is 2. The molecule has 136 valence electrons. The van der Waals surface area contributed by atoms with Crippen molar-refractivity contribution in [2.45, 2.75) is 13.8 Å². The molecule has 0 aliphatic rings. The van der Waals surface area contributed by atoms with E-state index < -0.39 is 24.3 Å². The number of ether oxygens (including phenoxy) is 1. The number of hydrogen-bond acceptors (Lipinski definition) is 4. The van der Waals surface area contributed by atoms with Crippen LogP contribution < -0.4 is 10.2 Å². The van der Waals surface area contributed by atoms with Gasteiger partial charge in [0, 0.05) is 24.8 Å². The van der Waals surface area contributed by atoms with Crippen molar-refractivity contribution in [1.29, 1.82) is 0 Å². The van der Waals surface area contributed by atoms with E-state index in [1.54, 1.807) is 19.1 Å². The molecule has 0 saturated heterocycles. The normalized spacial score (nSPS) is 10.1. The van der Waals surface area contributed by atoms with E-state index in [4.69, 9.17) is 4.74 Å². The van der Waals surface area contributed by atoms with Gasteiger partial charge < -0.3 is 15.0 Å². The van der Waals surface area contributed by atoms with Crippen LogP contribution in [0.3, 0.4) is 0 Å². The van der Waals surface area contributed by atoms with Gasteiger partial charge in [-0.2, -0.15) is 0 Å². The maximum atomic E-state index is 13.0. The van der Waals surface area contributed by atoms with Gasteiger partial charge in [0.15, 0.2) is 6.61 Å². The number of carbonyl (C=O) groups excluding carboxylic acids is 3. The van der Waals surface area contributed by atoms with E-state index in [2.05, 4.69) is 5.32 Å². The van der Waals surface area contributed by atoms with Crippen LogP contribution in [0.2, 0.25) is 0 Å². The van der Waals surface area contributed by atoms with Crippen LogP contribution in [0.1, 0.15) is 24.2 Å². The lowest BCUT2D eigenvalue weighted by Crippen LogP contribution is -2.34. The molecule has 0 aliphatic carbocycles. The molecular weight excluding hydrogens is 339 g/mol. The zero-order chi connectivity index (χ0) is 19.1. The molecule has 0 unspecified atom stereocenters. The van der Waals surface area contributed by atoms with Crippen molar-refractivity contribution < 1.29 is 23.5 Å². The summed E-state index contributed by atoms with van der Waals surface area (Å²) in [4.78, 5) is 36.9. The van der Waals surface area contributed by atoms with Gasteiger partial charge in [-0.1, -0.05) is 6.07 Å². The van der Waals surface area contributed by atoms with Gasteiger partial charge in [0.05, 0.1) is 5.56 Å². The fourth-order valence-electron chi connectivity index (χ4n) is 2.34. The van der Waals surface area contributed by atoms with Gasteiger partial charge in [-0.15, -0.1) is 0 Å². The van der Waals surface area contributed by atoms with E-state index in [1.165, 1.54) is 48.2 Å². The van der Waals surface area contributed by atoms with Crippen LogP contribution >= 0.6 is 0 Å². The highest BCUT2D eigenvalue weighted by atomic mass is 19.1. The molecule has 0 radical (unpaired) electrons. The predicted molar refractivity (Wildman–Crippen MR) is 95.5 cm³/mol. The van der Waals surface area contributed by atoms with Crippen LogP contribution in [0, 0.1) is 5.82 Å². The Kier molecular flexibility index (Phi) is 6.43. The van der Waals surface area contributed by atoms with Crippen LogP contribution in [0.25, 0.3) is 0 Å². The van der Waals surface area contributed by atoms with Gasteiger partial charge in [-0.05, 0) is 49.4 Å². The second-order valence-electron chi connectivity index (χ2n) is 5.45. The number of nitrogens with one attached hydrogen (secondary N) is 1. The highest BCUT2D eigenvalue weighted by Crippen LogP contribution is 2.16. The van der Waals surface area contributed by atoms with Crippen LogP contribution in [-0.4, -0.2) is 30.9 Å². The van der Waals surface area contributed by atoms with Crippen LogP contribution in [-0.2, 0) is 14.3 Å². The number of rotatable bonds is 6. The fourth-order valence-corrected chi connectivity index (χ4v) is 2.34. The molecule has 0 aromatic heterocycles. The van der Waals surface area contributed by atoms with Crippen molar-refractivity contribution in [1.82, 2.24) is 0 Å². The average molecular weight is 358 g/mol. The third-order valence-electron chi connectivity index (χ3n) is 3.50. The van der Waals surface area contributed by atoms with Gasteiger partial charge >= 0.3 is 5.97 Å². The number of benzene rings is 2. The minimum absolute atomic E-state index is 0.217. The Hall–Kier alpha value is -3.22. The lowest BCUT2D eigenvalue weighted by atomic mass is 10.2. The Bertz CT molecular complexity index is 805. The van der Waals surface area contributed by atoms with Gasteiger partial charge in [0.2, 0.25) is 5.91 Å². The van der Waals surface area contributed by atoms with Gasteiger partial charge in [0.1, 0.15) is 5.82 Å². The van der Waals surface area contributed by atoms with Crippen molar-refractivity contribution >= 4 is 29.2 Å². The van der Waals surface area contributed by atoms with Crippen LogP contribution in [0.5, 0.6) is 0 Å². The number of nitrogens with zero attached hydrogens (tertiary/aromatic N) is 1. The SMILES string of the molecule is CCN(C(=O)COC(=O)c1cccc(NC(C)=O)c1)c1ccc(F)cc1. The third-order valence-corrected chi connectivity index (χ3v) is 3.50. The molecule has 2 amide bonds. The van der Waals surface area contributed by atoms with Crippen molar-refractivity contribution in [3.05, 3.63) is 59.9 Å². The summed E-state index contributed by atoms with van der Waals surface area (Å²) in [7, 11) is 0. The second kappa shape index (κ2) is 8.75. The first-order valence-corrected chi connectivity index (χ1v) is 8.01. The Balaban J connectivity index is 2.00. The lowest BCUT2D eigenvalue weighted by molar-refractivity contribution is -0.121. The summed E-state index contributed by atoms with van der Waals surface area (Å²) < 4.78 is 18.1. The van der Waals surface area contributed by atoms with Gasteiger partial charge in [0.25, 0.3) is 5.91 Å². The molecule has 0 spiro atoms. The van der Waals surface area contributed by atoms with Gasteiger partial charge in [-0.25, -0.2) is 9.18 Å². The quantitative estimate of drug-likeness (QED) is 0.806. The Morgan fingerprint density at radius 1 is 1.12 bits per heavy atom. The summed E-state index contributed by atoms with van der Waals surface area (Å²) in [6.07, 6.45) is 0. The number of esters is 1. The monoisotopic (exact) mass is 358 g/mol. The first kappa shape index (κ1) is 19.1. The van der Waals surface area contributed by atoms with Crippen LogP contribution in [0.4, 0.5) is 15.8 Å². The molecule has 0 heterocycles. The Labute approximate surface area is 150 Å². The molecule has 0 fully saturated rings. The zero-order valence-electron chi connectivity index (χ0n) is 14.5.